The monoisotopic (exact) mass is 255 g/mol. The minimum Gasteiger partial charge on any atom is -0.391 e. The fourth-order valence-electron chi connectivity index (χ4n) is 1.45. The number of aliphatic hydroxyl groups excluding tert-OH is 1. The second-order valence-electron chi connectivity index (χ2n) is 3.94. The Labute approximate surface area is 105 Å². The summed E-state index contributed by atoms with van der Waals surface area (Å²) in [6.45, 7) is 2.37. The highest BCUT2D eigenvalue weighted by Gasteiger charge is 2.12. The predicted octanol–water partition coefficient (Wildman–Crippen LogP) is 1.11. The van der Waals surface area contributed by atoms with Gasteiger partial charge >= 0.3 is 0 Å². The first-order valence-corrected chi connectivity index (χ1v) is 5.56. The topological polar surface area (TPSA) is 97.5 Å². The summed E-state index contributed by atoms with van der Waals surface area (Å²) in [6, 6.07) is 1.39. The molecule has 0 fully saturated rings. The van der Waals surface area contributed by atoms with E-state index in [0.29, 0.717) is 24.3 Å². The van der Waals surface area contributed by atoms with E-state index in [1.54, 1.807) is 6.92 Å². The molecule has 0 saturated carbocycles. The van der Waals surface area contributed by atoms with Gasteiger partial charge in [0.25, 0.3) is 5.69 Å². The largest absolute Gasteiger partial charge is 0.391 e. The lowest BCUT2D eigenvalue weighted by Gasteiger charge is -2.10. The average Bonchev–Trinajstić information content (AvgIpc) is 2.31. The van der Waals surface area contributed by atoms with Gasteiger partial charge in [0.1, 0.15) is 5.82 Å². The second kappa shape index (κ2) is 6.87. The lowest BCUT2D eigenvalue weighted by Crippen LogP contribution is -2.18. The molecule has 18 heavy (non-hydrogen) atoms. The van der Waals surface area contributed by atoms with Crippen LogP contribution in [0, 0.1) is 17.0 Å². The zero-order valence-corrected chi connectivity index (χ0v) is 10.4. The molecule has 2 N–H and O–H groups in total. The molecule has 0 aliphatic rings. The first-order chi connectivity index (χ1) is 8.54. The van der Waals surface area contributed by atoms with Crippen molar-refractivity contribution in [1.82, 2.24) is 4.98 Å². The second-order valence-corrected chi connectivity index (χ2v) is 3.94. The number of methoxy groups -OCH3 is 1. The normalized spacial score (nSPS) is 12.2. The Morgan fingerprint density at radius 3 is 3.00 bits per heavy atom. The molecular weight excluding hydrogens is 238 g/mol. The van der Waals surface area contributed by atoms with Gasteiger partial charge in [-0.25, -0.2) is 4.98 Å². The Kier molecular flexibility index (Phi) is 5.47. The number of hydrogen-bond acceptors (Lipinski definition) is 6. The number of aromatic nitrogens is 1. The summed E-state index contributed by atoms with van der Waals surface area (Å²) < 4.78 is 4.79. The summed E-state index contributed by atoms with van der Waals surface area (Å²) in [5.41, 5.74) is 0.551. The zero-order valence-electron chi connectivity index (χ0n) is 10.4. The molecule has 0 radical (unpaired) electrons. The van der Waals surface area contributed by atoms with E-state index in [4.69, 9.17) is 4.74 Å². The van der Waals surface area contributed by atoms with Gasteiger partial charge in [-0.2, -0.15) is 0 Å². The molecule has 0 spiro atoms. The fourth-order valence-corrected chi connectivity index (χ4v) is 1.45. The summed E-state index contributed by atoms with van der Waals surface area (Å²) in [6.07, 6.45) is 1.38. The van der Waals surface area contributed by atoms with Crippen LogP contribution in [0.5, 0.6) is 0 Å². The Balaban J connectivity index is 2.53. The molecule has 1 heterocycles. The SMILES string of the molecule is COCC(O)CCNc1cc([N+](=O)[O-])c(C)cn1. The Bertz CT molecular complexity index is 411. The van der Waals surface area contributed by atoms with Gasteiger partial charge < -0.3 is 15.2 Å². The number of hydrogen-bond donors (Lipinski definition) is 2. The number of rotatable bonds is 7. The van der Waals surface area contributed by atoms with E-state index in [0.717, 1.165) is 0 Å². The van der Waals surface area contributed by atoms with Gasteiger partial charge in [0.2, 0.25) is 0 Å². The molecule has 1 atom stereocenters. The van der Waals surface area contributed by atoms with Gasteiger partial charge in [-0.3, -0.25) is 10.1 Å². The summed E-state index contributed by atoms with van der Waals surface area (Å²) in [5.74, 6) is 0.428. The van der Waals surface area contributed by atoms with E-state index in [1.165, 1.54) is 19.4 Å². The van der Waals surface area contributed by atoms with E-state index in [2.05, 4.69) is 10.3 Å². The van der Waals surface area contributed by atoms with Crippen LogP contribution in [0.3, 0.4) is 0 Å². The van der Waals surface area contributed by atoms with E-state index >= 15 is 0 Å². The van der Waals surface area contributed by atoms with Gasteiger partial charge in [0.15, 0.2) is 0 Å². The van der Waals surface area contributed by atoms with Crippen molar-refractivity contribution >= 4 is 11.5 Å². The summed E-state index contributed by atoms with van der Waals surface area (Å²) >= 11 is 0. The van der Waals surface area contributed by atoms with Crippen molar-refractivity contribution in [2.75, 3.05) is 25.6 Å². The van der Waals surface area contributed by atoms with E-state index < -0.39 is 11.0 Å². The Morgan fingerprint density at radius 1 is 1.67 bits per heavy atom. The number of aryl methyl sites for hydroxylation is 1. The molecule has 100 valence electrons. The van der Waals surface area contributed by atoms with Crippen molar-refractivity contribution < 1.29 is 14.8 Å². The Morgan fingerprint density at radius 2 is 2.39 bits per heavy atom. The van der Waals surface area contributed by atoms with Gasteiger partial charge in [-0.1, -0.05) is 0 Å². The zero-order chi connectivity index (χ0) is 13.5. The van der Waals surface area contributed by atoms with Crippen molar-refractivity contribution in [3.63, 3.8) is 0 Å². The van der Waals surface area contributed by atoms with Gasteiger partial charge in [-0.15, -0.1) is 0 Å². The van der Waals surface area contributed by atoms with Crippen LogP contribution < -0.4 is 5.32 Å². The van der Waals surface area contributed by atoms with Crippen molar-refractivity contribution in [3.8, 4) is 0 Å². The highest BCUT2D eigenvalue weighted by molar-refractivity contribution is 5.48. The maximum absolute atomic E-state index is 10.7. The number of nitrogens with one attached hydrogen (secondary N) is 1. The van der Waals surface area contributed by atoms with Crippen molar-refractivity contribution in [2.45, 2.75) is 19.4 Å². The summed E-state index contributed by atoms with van der Waals surface area (Å²) in [7, 11) is 1.52. The maximum atomic E-state index is 10.7. The first kappa shape index (κ1) is 14.3. The molecule has 7 nitrogen and oxygen atoms in total. The van der Waals surface area contributed by atoms with Crippen molar-refractivity contribution in [1.29, 1.82) is 0 Å². The maximum Gasteiger partial charge on any atom is 0.277 e. The van der Waals surface area contributed by atoms with Crippen LogP contribution in [-0.4, -0.2) is 41.4 Å². The number of pyridine rings is 1. The molecule has 0 amide bonds. The number of ether oxygens (including phenoxy) is 1. The third-order valence-corrected chi connectivity index (χ3v) is 2.41. The van der Waals surface area contributed by atoms with Crippen LogP contribution in [-0.2, 0) is 4.74 Å². The van der Waals surface area contributed by atoms with Gasteiger partial charge in [-0.05, 0) is 13.3 Å². The fraction of sp³-hybridized carbons (Fsp3) is 0.545. The van der Waals surface area contributed by atoms with Gasteiger partial charge in [0, 0.05) is 25.4 Å². The van der Waals surface area contributed by atoms with E-state index in [9.17, 15) is 15.2 Å². The van der Waals surface area contributed by atoms with Gasteiger partial charge in [0.05, 0.1) is 23.7 Å². The van der Waals surface area contributed by atoms with Crippen LogP contribution in [0.1, 0.15) is 12.0 Å². The van der Waals surface area contributed by atoms with Crippen LogP contribution in [0.2, 0.25) is 0 Å². The number of nitrogens with zero attached hydrogens (tertiary/aromatic N) is 2. The quantitative estimate of drug-likeness (QED) is 0.559. The molecular formula is C11H17N3O4. The molecule has 1 aromatic rings. The number of anilines is 1. The smallest absolute Gasteiger partial charge is 0.277 e. The summed E-state index contributed by atoms with van der Waals surface area (Å²) in [5, 5.41) is 23.1. The van der Waals surface area contributed by atoms with E-state index in [-0.39, 0.29) is 12.3 Å². The Hall–Kier alpha value is -1.73. The molecule has 1 rings (SSSR count). The molecule has 7 heteroatoms. The molecule has 0 aliphatic carbocycles. The molecule has 0 aliphatic heterocycles. The predicted molar refractivity (Wildman–Crippen MR) is 66.6 cm³/mol. The van der Waals surface area contributed by atoms with Crippen LogP contribution in [0.15, 0.2) is 12.3 Å². The van der Waals surface area contributed by atoms with Crippen molar-refractivity contribution in [3.05, 3.63) is 27.9 Å². The minimum atomic E-state index is -0.553. The molecule has 0 aromatic carbocycles. The highest BCUT2D eigenvalue weighted by Crippen LogP contribution is 2.19. The van der Waals surface area contributed by atoms with Crippen LogP contribution in [0.4, 0.5) is 11.5 Å². The number of aliphatic hydroxyl groups is 1. The minimum absolute atomic E-state index is 0.0324. The van der Waals surface area contributed by atoms with Crippen LogP contribution >= 0.6 is 0 Å². The molecule has 0 saturated heterocycles. The third-order valence-electron chi connectivity index (χ3n) is 2.41. The first-order valence-electron chi connectivity index (χ1n) is 5.56. The number of nitro groups is 1. The van der Waals surface area contributed by atoms with E-state index in [1.807, 2.05) is 0 Å². The third kappa shape index (κ3) is 4.27. The highest BCUT2D eigenvalue weighted by atomic mass is 16.6. The molecule has 0 bridgehead atoms. The van der Waals surface area contributed by atoms with Crippen LogP contribution in [0.25, 0.3) is 0 Å². The molecule has 1 aromatic heterocycles. The van der Waals surface area contributed by atoms with Crippen molar-refractivity contribution in [2.24, 2.45) is 0 Å². The lowest BCUT2D eigenvalue weighted by atomic mass is 10.2. The average molecular weight is 255 g/mol. The summed E-state index contributed by atoms with van der Waals surface area (Å²) in [4.78, 5) is 14.3. The standard InChI is InChI=1S/C11H17N3O4/c1-8-6-13-11(5-10(8)14(16)17)12-4-3-9(15)7-18-2/h5-6,9,15H,3-4,7H2,1-2H3,(H,12,13). The molecule has 1 unspecified atom stereocenters. The lowest BCUT2D eigenvalue weighted by molar-refractivity contribution is -0.385.